The van der Waals surface area contributed by atoms with Crippen LogP contribution in [0.2, 0.25) is 0 Å². The summed E-state index contributed by atoms with van der Waals surface area (Å²) in [6.07, 6.45) is 0.486. The van der Waals surface area contributed by atoms with Gasteiger partial charge in [-0.05, 0) is 20.3 Å². The van der Waals surface area contributed by atoms with E-state index in [1.807, 2.05) is 13.8 Å². The first-order valence-corrected chi connectivity index (χ1v) is 6.28. The molecule has 0 spiro atoms. The largest absolute Gasteiger partial charge is 0.432 e. The fraction of sp³-hybridized carbons (Fsp3) is 0.538. The fourth-order valence-corrected chi connectivity index (χ4v) is 1.89. The Morgan fingerprint density at radius 3 is 2.50 bits per heavy atom. The van der Waals surface area contributed by atoms with E-state index in [1.54, 1.807) is 4.90 Å². The minimum Gasteiger partial charge on any atom is -0.432 e. The average Bonchev–Trinajstić information content (AvgIpc) is 2.33. The number of aliphatic hydroxyl groups is 1. The molecule has 7 heteroatoms. The average molecular weight is 292 g/mol. The van der Waals surface area contributed by atoms with E-state index < -0.39 is 18.2 Å². The molecule has 3 N–H and O–H groups in total. The SMILES string of the molecule is CC(C)N(CCCO)c1cc(OC(F)F)c(F)cc1N. The first-order chi connectivity index (χ1) is 9.36. The summed E-state index contributed by atoms with van der Waals surface area (Å²) in [5.41, 5.74) is 6.29. The number of anilines is 2. The molecule has 1 rings (SSSR count). The van der Waals surface area contributed by atoms with Gasteiger partial charge in [0.1, 0.15) is 0 Å². The molecule has 0 aromatic heterocycles. The molecular formula is C13H19F3N2O2. The number of rotatable bonds is 7. The zero-order chi connectivity index (χ0) is 15.3. The van der Waals surface area contributed by atoms with Crippen molar-refractivity contribution in [1.82, 2.24) is 0 Å². The number of halogens is 3. The number of hydrogen-bond donors (Lipinski definition) is 2. The number of ether oxygens (including phenoxy) is 1. The van der Waals surface area contributed by atoms with E-state index >= 15 is 0 Å². The van der Waals surface area contributed by atoms with Crippen molar-refractivity contribution in [2.45, 2.75) is 32.9 Å². The standard InChI is InChI=1S/C13H19F3N2O2/c1-8(2)18(4-3-5-19)11-7-12(20-13(15)16)9(14)6-10(11)17/h6-8,13,19H,3-5,17H2,1-2H3. The highest BCUT2D eigenvalue weighted by Gasteiger charge is 2.18. The summed E-state index contributed by atoms with van der Waals surface area (Å²) >= 11 is 0. The van der Waals surface area contributed by atoms with E-state index in [0.29, 0.717) is 18.7 Å². The quantitative estimate of drug-likeness (QED) is 0.758. The number of nitrogen functional groups attached to an aromatic ring is 1. The minimum absolute atomic E-state index is 0.00807. The number of alkyl halides is 2. The predicted molar refractivity (Wildman–Crippen MR) is 71.6 cm³/mol. The smallest absolute Gasteiger partial charge is 0.387 e. The van der Waals surface area contributed by atoms with Crippen molar-refractivity contribution in [1.29, 1.82) is 0 Å². The maximum atomic E-state index is 13.5. The van der Waals surface area contributed by atoms with Gasteiger partial charge in [0.25, 0.3) is 0 Å². The Morgan fingerprint density at radius 1 is 1.35 bits per heavy atom. The van der Waals surface area contributed by atoms with Gasteiger partial charge in [-0.1, -0.05) is 0 Å². The molecule has 0 aliphatic heterocycles. The van der Waals surface area contributed by atoms with E-state index in [-0.39, 0.29) is 18.3 Å². The molecule has 4 nitrogen and oxygen atoms in total. The number of nitrogens with zero attached hydrogens (tertiary/aromatic N) is 1. The van der Waals surface area contributed by atoms with Crippen LogP contribution in [0.3, 0.4) is 0 Å². The highest BCUT2D eigenvalue weighted by atomic mass is 19.3. The van der Waals surface area contributed by atoms with E-state index in [9.17, 15) is 13.2 Å². The Labute approximate surface area is 115 Å². The van der Waals surface area contributed by atoms with Gasteiger partial charge in [-0.2, -0.15) is 8.78 Å². The Bertz CT molecular complexity index is 442. The summed E-state index contributed by atoms with van der Waals surface area (Å²) in [5.74, 6) is -1.48. The zero-order valence-corrected chi connectivity index (χ0v) is 11.4. The molecule has 0 amide bonds. The van der Waals surface area contributed by atoms with Gasteiger partial charge in [0, 0.05) is 31.3 Å². The molecule has 0 radical (unpaired) electrons. The Kier molecular flexibility index (Phi) is 5.94. The molecule has 1 aromatic rings. The molecule has 0 aliphatic carbocycles. The first kappa shape index (κ1) is 16.4. The molecule has 114 valence electrons. The van der Waals surface area contributed by atoms with Gasteiger partial charge in [-0.25, -0.2) is 4.39 Å². The maximum absolute atomic E-state index is 13.5. The number of benzene rings is 1. The molecule has 0 heterocycles. The molecule has 0 unspecified atom stereocenters. The normalized spacial score (nSPS) is 11.2. The van der Waals surface area contributed by atoms with Gasteiger partial charge >= 0.3 is 6.61 Å². The fourth-order valence-electron chi connectivity index (χ4n) is 1.89. The van der Waals surface area contributed by atoms with Crippen molar-refractivity contribution in [3.8, 4) is 5.75 Å². The van der Waals surface area contributed by atoms with Crippen molar-refractivity contribution < 1.29 is 23.0 Å². The summed E-state index contributed by atoms with van der Waals surface area (Å²) in [7, 11) is 0. The number of nitrogens with two attached hydrogens (primary N) is 1. The summed E-state index contributed by atoms with van der Waals surface area (Å²) in [4.78, 5) is 1.79. The van der Waals surface area contributed by atoms with E-state index in [1.165, 1.54) is 0 Å². The van der Waals surface area contributed by atoms with Gasteiger partial charge < -0.3 is 20.5 Å². The number of aliphatic hydroxyl groups excluding tert-OH is 1. The van der Waals surface area contributed by atoms with Crippen molar-refractivity contribution >= 4 is 11.4 Å². The second-order valence-electron chi connectivity index (χ2n) is 4.58. The van der Waals surface area contributed by atoms with Crippen LogP contribution >= 0.6 is 0 Å². The summed E-state index contributed by atoms with van der Waals surface area (Å²) in [6, 6.07) is 2.13. The van der Waals surface area contributed by atoms with Gasteiger partial charge in [0.05, 0.1) is 11.4 Å². The van der Waals surface area contributed by atoms with Crippen LogP contribution in [0.15, 0.2) is 12.1 Å². The lowest BCUT2D eigenvalue weighted by Gasteiger charge is -2.30. The molecule has 0 atom stereocenters. The molecule has 0 saturated heterocycles. The van der Waals surface area contributed by atoms with Crippen LogP contribution in [0, 0.1) is 5.82 Å². The Morgan fingerprint density at radius 2 is 2.00 bits per heavy atom. The van der Waals surface area contributed by atoms with Gasteiger partial charge in [-0.15, -0.1) is 0 Å². The summed E-state index contributed by atoms with van der Waals surface area (Å²) < 4.78 is 42.1. The predicted octanol–water partition coefficient (Wildman–Crippen LogP) is 2.61. The second-order valence-corrected chi connectivity index (χ2v) is 4.58. The lowest BCUT2D eigenvalue weighted by molar-refractivity contribution is -0.0521. The van der Waals surface area contributed by atoms with Gasteiger partial charge in [0.2, 0.25) is 0 Å². The Balaban J connectivity index is 3.13. The van der Waals surface area contributed by atoms with Crippen molar-refractivity contribution in [2.24, 2.45) is 0 Å². The molecule has 0 bridgehead atoms. The highest BCUT2D eigenvalue weighted by molar-refractivity contribution is 5.70. The van der Waals surface area contributed by atoms with Crippen LogP contribution in [-0.2, 0) is 0 Å². The van der Waals surface area contributed by atoms with Crippen molar-refractivity contribution in [3.05, 3.63) is 17.9 Å². The number of hydrogen-bond acceptors (Lipinski definition) is 4. The molecule has 20 heavy (non-hydrogen) atoms. The second kappa shape index (κ2) is 7.23. The maximum Gasteiger partial charge on any atom is 0.387 e. The minimum atomic E-state index is -3.11. The third-order valence-electron chi connectivity index (χ3n) is 2.79. The molecule has 0 fully saturated rings. The molecule has 1 aromatic carbocycles. The monoisotopic (exact) mass is 292 g/mol. The van der Waals surface area contributed by atoms with Crippen LogP contribution in [0.5, 0.6) is 5.75 Å². The lowest BCUT2D eigenvalue weighted by atomic mass is 10.2. The molecule has 0 saturated carbocycles. The van der Waals surface area contributed by atoms with Crippen LogP contribution in [0.4, 0.5) is 24.5 Å². The zero-order valence-electron chi connectivity index (χ0n) is 11.4. The topological polar surface area (TPSA) is 58.7 Å². The first-order valence-electron chi connectivity index (χ1n) is 6.28. The summed E-state index contributed by atoms with van der Waals surface area (Å²) in [6.45, 7) is 1.12. The third kappa shape index (κ3) is 4.19. The Hall–Kier alpha value is -1.63. The third-order valence-corrected chi connectivity index (χ3v) is 2.79. The van der Waals surface area contributed by atoms with Gasteiger partial charge in [-0.3, -0.25) is 0 Å². The van der Waals surface area contributed by atoms with Crippen LogP contribution in [0.25, 0.3) is 0 Å². The van der Waals surface area contributed by atoms with Crippen LogP contribution in [-0.4, -0.2) is 30.9 Å². The van der Waals surface area contributed by atoms with E-state index in [2.05, 4.69) is 4.74 Å². The van der Waals surface area contributed by atoms with E-state index in [4.69, 9.17) is 10.8 Å². The van der Waals surface area contributed by atoms with Crippen molar-refractivity contribution in [2.75, 3.05) is 23.8 Å². The lowest BCUT2D eigenvalue weighted by Crippen LogP contribution is -2.33. The van der Waals surface area contributed by atoms with Crippen molar-refractivity contribution in [3.63, 3.8) is 0 Å². The highest BCUT2D eigenvalue weighted by Crippen LogP contribution is 2.33. The molecule has 0 aliphatic rings. The van der Waals surface area contributed by atoms with E-state index in [0.717, 1.165) is 12.1 Å². The van der Waals surface area contributed by atoms with Crippen LogP contribution in [0.1, 0.15) is 20.3 Å². The van der Waals surface area contributed by atoms with Crippen LogP contribution < -0.4 is 15.4 Å². The van der Waals surface area contributed by atoms with Gasteiger partial charge in [0.15, 0.2) is 11.6 Å². The molecular weight excluding hydrogens is 273 g/mol. The summed E-state index contributed by atoms with van der Waals surface area (Å²) in [5, 5.41) is 8.89.